The fourth-order valence-corrected chi connectivity index (χ4v) is 2.44. The fraction of sp³-hybridized carbons (Fsp3) is 0.176. The van der Waals surface area contributed by atoms with Gasteiger partial charge >= 0.3 is 0 Å². The molecule has 2 heterocycles. The van der Waals surface area contributed by atoms with E-state index in [2.05, 4.69) is 15.1 Å². The molecule has 0 bridgehead atoms. The Bertz CT molecular complexity index is 845. The van der Waals surface area contributed by atoms with E-state index in [4.69, 9.17) is 11.6 Å². The Kier molecular flexibility index (Phi) is 4.57. The normalized spacial score (nSPS) is 10.6. The molecule has 0 radical (unpaired) electrons. The Labute approximate surface area is 144 Å². The Morgan fingerprint density at radius 3 is 2.67 bits per heavy atom. The summed E-state index contributed by atoms with van der Waals surface area (Å²) in [6.45, 7) is 2.25. The van der Waals surface area contributed by atoms with Gasteiger partial charge in [0.15, 0.2) is 0 Å². The van der Waals surface area contributed by atoms with E-state index in [0.29, 0.717) is 17.4 Å². The maximum atomic E-state index is 12.5. The summed E-state index contributed by atoms with van der Waals surface area (Å²) in [6.07, 6.45) is 3.43. The van der Waals surface area contributed by atoms with Crippen molar-refractivity contribution >= 4 is 17.5 Å². The molecule has 0 aliphatic carbocycles. The average molecular weight is 342 g/mol. The first kappa shape index (κ1) is 16.1. The fourth-order valence-electron chi connectivity index (χ4n) is 2.32. The van der Waals surface area contributed by atoms with Crippen LogP contribution in [0.4, 0.5) is 0 Å². The number of pyridine rings is 1. The molecule has 24 heavy (non-hydrogen) atoms. The molecule has 0 unspecified atom stereocenters. The molecule has 0 N–H and O–H groups in total. The molecule has 7 heteroatoms. The zero-order chi connectivity index (χ0) is 17.1. The first-order valence-corrected chi connectivity index (χ1v) is 7.76. The second kappa shape index (κ2) is 6.80. The Morgan fingerprint density at radius 2 is 2.00 bits per heavy atom. The molecule has 6 nitrogen and oxygen atoms in total. The predicted octanol–water partition coefficient (Wildman–Crippen LogP) is 2.90. The second-order valence-corrected chi connectivity index (χ2v) is 5.83. The third kappa shape index (κ3) is 3.44. The minimum Gasteiger partial charge on any atom is -0.335 e. The molecule has 0 aliphatic heterocycles. The summed E-state index contributed by atoms with van der Waals surface area (Å²) in [6, 6.07) is 11.0. The van der Waals surface area contributed by atoms with Crippen LogP contribution in [0.1, 0.15) is 22.0 Å². The smallest absolute Gasteiger partial charge is 0.293 e. The number of halogens is 1. The average Bonchev–Trinajstić information content (AvgIpc) is 2.97. The van der Waals surface area contributed by atoms with Gasteiger partial charge in [0.2, 0.25) is 5.82 Å². The van der Waals surface area contributed by atoms with Crippen LogP contribution in [0.3, 0.4) is 0 Å². The molecule has 0 spiro atoms. The first-order chi connectivity index (χ1) is 11.5. The standard InChI is InChI=1S/C17H16ClN5O/c1-12-20-16(21-23(12)15-7-5-14(18)6-8-15)17(24)22(2)11-13-4-3-9-19-10-13/h3-10H,11H2,1-2H3. The van der Waals surface area contributed by atoms with E-state index in [1.54, 1.807) is 48.1 Å². The Hall–Kier alpha value is -2.73. The van der Waals surface area contributed by atoms with Crippen molar-refractivity contribution < 1.29 is 4.79 Å². The van der Waals surface area contributed by atoms with E-state index < -0.39 is 0 Å². The molecular formula is C17H16ClN5O. The molecule has 3 aromatic rings. The molecule has 2 aromatic heterocycles. The van der Waals surface area contributed by atoms with Gasteiger partial charge < -0.3 is 4.90 Å². The van der Waals surface area contributed by atoms with Gasteiger partial charge in [-0.1, -0.05) is 17.7 Å². The molecule has 1 aromatic carbocycles. The highest BCUT2D eigenvalue weighted by Gasteiger charge is 2.19. The topological polar surface area (TPSA) is 63.9 Å². The van der Waals surface area contributed by atoms with E-state index >= 15 is 0 Å². The summed E-state index contributed by atoms with van der Waals surface area (Å²) >= 11 is 5.90. The number of aromatic nitrogens is 4. The lowest BCUT2D eigenvalue weighted by molar-refractivity contribution is 0.0773. The number of hydrogen-bond acceptors (Lipinski definition) is 4. The number of hydrogen-bond donors (Lipinski definition) is 0. The van der Waals surface area contributed by atoms with E-state index in [9.17, 15) is 4.79 Å². The van der Waals surface area contributed by atoms with Crippen molar-refractivity contribution in [1.82, 2.24) is 24.6 Å². The lowest BCUT2D eigenvalue weighted by atomic mass is 10.2. The van der Waals surface area contributed by atoms with E-state index in [-0.39, 0.29) is 11.7 Å². The number of amides is 1. The Morgan fingerprint density at radius 1 is 1.25 bits per heavy atom. The van der Waals surface area contributed by atoms with Crippen LogP contribution < -0.4 is 0 Å². The molecule has 0 saturated carbocycles. The van der Waals surface area contributed by atoms with Crippen molar-refractivity contribution in [3.05, 3.63) is 71.0 Å². The molecule has 0 atom stereocenters. The van der Waals surface area contributed by atoms with E-state index in [0.717, 1.165) is 11.3 Å². The monoisotopic (exact) mass is 341 g/mol. The predicted molar refractivity (Wildman–Crippen MR) is 91.1 cm³/mol. The van der Waals surface area contributed by atoms with Gasteiger partial charge in [-0.2, -0.15) is 0 Å². The largest absolute Gasteiger partial charge is 0.335 e. The van der Waals surface area contributed by atoms with Gasteiger partial charge in [-0.25, -0.2) is 9.67 Å². The van der Waals surface area contributed by atoms with Crippen LogP contribution in [0.5, 0.6) is 0 Å². The third-order valence-corrected chi connectivity index (χ3v) is 3.77. The zero-order valence-corrected chi connectivity index (χ0v) is 14.1. The lowest BCUT2D eigenvalue weighted by Gasteiger charge is -2.14. The Balaban J connectivity index is 1.81. The van der Waals surface area contributed by atoms with Gasteiger partial charge in [0.1, 0.15) is 5.82 Å². The second-order valence-electron chi connectivity index (χ2n) is 5.39. The van der Waals surface area contributed by atoms with Crippen molar-refractivity contribution in [1.29, 1.82) is 0 Å². The minimum absolute atomic E-state index is 0.161. The molecular weight excluding hydrogens is 326 g/mol. The van der Waals surface area contributed by atoms with Crippen LogP contribution >= 0.6 is 11.6 Å². The first-order valence-electron chi connectivity index (χ1n) is 7.38. The highest BCUT2D eigenvalue weighted by atomic mass is 35.5. The number of aryl methyl sites for hydroxylation is 1. The summed E-state index contributed by atoms with van der Waals surface area (Å²) in [5.74, 6) is 0.555. The number of nitrogens with zero attached hydrogens (tertiary/aromatic N) is 5. The van der Waals surface area contributed by atoms with Crippen molar-refractivity contribution in [2.24, 2.45) is 0 Å². The minimum atomic E-state index is -0.241. The summed E-state index contributed by atoms with van der Waals surface area (Å²) in [5.41, 5.74) is 1.75. The van der Waals surface area contributed by atoms with Crippen LogP contribution in [0.2, 0.25) is 5.02 Å². The maximum Gasteiger partial charge on any atom is 0.293 e. The number of carbonyl (C=O) groups excluding carboxylic acids is 1. The summed E-state index contributed by atoms with van der Waals surface area (Å²) in [7, 11) is 1.72. The highest BCUT2D eigenvalue weighted by Crippen LogP contribution is 2.15. The molecule has 3 rings (SSSR count). The summed E-state index contributed by atoms with van der Waals surface area (Å²) in [4.78, 5) is 22.4. The highest BCUT2D eigenvalue weighted by molar-refractivity contribution is 6.30. The van der Waals surface area contributed by atoms with E-state index in [1.807, 2.05) is 24.3 Å². The maximum absolute atomic E-state index is 12.5. The van der Waals surface area contributed by atoms with Crippen LogP contribution in [0, 0.1) is 6.92 Å². The van der Waals surface area contributed by atoms with Crippen LogP contribution in [0.15, 0.2) is 48.8 Å². The van der Waals surface area contributed by atoms with Gasteiger partial charge in [0.05, 0.1) is 5.69 Å². The molecule has 122 valence electrons. The van der Waals surface area contributed by atoms with Crippen molar-refractivity contribution in [3.63, 3.8) is 0 Å². The van der Waals surface area contributed by atoms with Crippen LogP contribution in [-0.2, 0) is 6.54 Å². The van der Waals surface area contributed by atoms with Crippen molar-refractivity contribution in [2.45, 2.75) is 13.5 Å². The summed E-state index contributed by atoms with van der Waals surface area (Å²) in [5, 5.41) is 4.97. The number of benzene rings is 1. The van der Waals surface area contributed by atoms with Gasteiger partial charge in [0.25, 0.3) is 5.91 Å². The molecule has 0 saturated heterocycles. The summed E-state index contributed by atoms with van der Waals surface area (Å²) < 4.78 is 1.63. The lowest BCUT2D eigenvalue weighted by Crippen LogP contribution is -2.27. The SMILES string of the molecule is Cc1nc(C(=O)N(C)Cc2cccnc2)nn1-c1ccc(Cl)cc1. The molecule has 0 aliphatic rings. The van der Waals surface area contributed by atoms with E-state index in [1.165, 1.54) is 0 Å². The third-order valence-electron chi connectivity index (χ3n) is 3.52. The van der Waals surface area contributed by atoms with Crippen molar-refractivity contribution in [3.8, 4) is 5.69 Å². The molecule has 0 fully saturated rings. The number of carbonyl (C=O) groups is 1. The van der Waals surface area contributed by atoms with Crippen LogP contribution in [0.25, 0.3) is 5.69 Å². The van der Waals surface area contributed by atoms with Gasteiger partial charge in [-0.3, -0.25) is 9.78 Å². The molecule has 1 amide bonds. The van der Waals surface area contributed by atoms with Gasteiger partial charge in [0, 0.05) is 31.0 Å². The zero-order valence-electron chi connectivity index (χ0n) is 13.3. The van der Waals surface area contributed by atoms with Crippen LogP contribution in [-0.4, -0.2) is 37.6 Å². The quantitative estimate of drug-likeness (QED) is 0.732. The number of rotatable bonds is 4. The van der Waals surface area contributed by atoms with Gasteiger partial charge in [-0.15, -0.1) is 5.10 Å². The van der Waals surface area contributed by atoms with Crippen molar-refractivity contribution in [2.75, 3.05) is 7.05 Å². The van der Waals surface area contributed by atoms with Gasteiger partial charge in [-0.05, 0) is 42.8 Å².